The molecule has 0 saturated carbocycles. The van der Waals surface area contributed by atoms with Gasteiger partial charge in [0.2, 0.25) is 0 Å². The van der Waals surface area contributed by atoms with Gasteiger partial charge in [-0.05, 0) is 179 Å². The van der Waals surface area contributed by atoms with E-state index in [1.165, 1.54) is 130 Å². The zero-order valence-electron chi connectivity index (χ0n) is 42.9. The molecule has 0 aromatic heterocycles. The summed E-state index contributed by atoms with van der Waals surface area (Å²) in [7, 11) is 0. The third-order valence-electron chi connectivity index (χ3n) is 18.2. The van der Waals surface area contributed by atoms with Gasteiger partial charge in [0.25, 0.3) is 0 Å². The molecule has 2 heterocycles. The summed E-state index contributed by atoms with van der Waals surface area (Å²) in [6.45, 7) is 24.7. The minimum Gasteiger partial charge on any atom is -0.376 e. The molecule has 3 aliphatic carbocycles. The highest BCUT2D eigenvalue weighted by molar-refractivity contribution is 6.93. The average Bonchev–Trinajstić information content (AvgIpc) is 3.59. The van der Waals surface area contributed by atoms with Crippen molar-refractivity contribution in [1.82, 2.24) is 0 Å². The summed E-state index contributed by atoms with van der Waals surface area (Å²) in [5, 5.41) is 0. The Morgan fingerprint density at radius 3 is 1.53 bits per heavy atom. The molecular weight excluding hydrogens is 844 g/mol. The first-order chi connectivity index (χ1) is 33.4. The Bertz CT molecular complexity index is 3460. The molecule has 3 heteroatoms. The van der Waals surface area contributed by atoms with Gasteiger partial charge in [-0.25, -0.2) is 0 Å². The lowest BCUT2D eigenvalue weighted by Crippen LogP contribution is -2.62. The zero-order valence-corrected chi connectivity index (χ0v) is 42.9. The van der Waals surface area contributed by atoms with Crippen LogP contribution in [0, 0.1) is 0 Å². The van der Waals surface area contributed by atoms with Crippen LogP contribution in [0.15, 0.2) is 164 Å². The molecule has 0 unspecified atom stereocenters. The molecule has 0 spiro atoms. The van der Waals surface area contributed by atoms with Crippen LogP contribution in [-0.4, -0.2) is 6.85 Å². The fourth-order valence-corrected chi connectivity index (χ4v) is 13.8. The van der Waals surface area contributed by atoms with Crippen LogP contribution < -0.4 is 20.6 Å². The lowest BCUT2D eigenvalue weighted by Gasteiger charge is -2.49. The van der Waals surface area contributed by atoms with E-state index in [0.29, 0.717) is 0 Å². The van der Waals surface area contributed by atoms with Gasteiger partial charge < -0.3 is 9.71 Å². The molecule has 2 aliphatic heterocycles. The van der Waals surface area contributed by atoms with Crippen molar-refractivity contribution in [2.45, 2.75) is 122 Å². The second kappa shape index (κ2) is 14.7. The Kier molecular flexibility index (Phi) is 9.15. The van der Waals surface area contributed by atoms with Gasteiger partial charge in [-0.15, -0.1) is 0 Å². The van der Waals surface area contributed by atoms with E-state index in [1.807, 2.05) is 0 Å². The molecular formula is C67H65BN2. The smallest absolute Gasteiger partial charge is 0.333 e. The molecule has 0 bridgehead atoms. The molecule has 0 N–H and O–H groups in total. The van der Waals surface area contributed by atoms with Gasteiger partial charge in [-0.3, -0.25) is 0 Å². The van der Waals surface area contributed by atoms with Crippen LogP contribution in [0.3, 0.4) is 0 Å². The normalized spacial score (nSPS) is 18.7. The van der Waals surface area contributed by atoms with Crippen LogP contribution in [0.2, 0.25) is 0 Å². The van der Waals surface area contributed by atoms with Crippen molar-refractivity contribution in [2.24, 2.45) is 0 Å². The van der Waals surface area contributed by atoms with Crippen LogP contribution in [0.5, 0.6) is 0 Å². The fraction of sp³-hybridized carbons (Fsp3) is 0.284. The maximum Gasteiger partial charge on any atom is 0.333 e. The van der Waals surface area contributed by atoms with Gasteiger partial charge in [0.1, 0.15) is 0 Å². The molecule has 13 rings (SSSR count). The van der Waals surface area contributed by atoms with Crippen LogP contribution >= 0.6 is 0 Å². The second-order valence-corrected chi connectivity index (χ2v) is 24.6. The standard InChI is InChI=1S/C67H65BN2/c1-63(2)33-34-64(3,4)52-38-47(30-31-51(52)63)69-58-40-54-53(65(5,6)35-36-66(54,7)8)39-56(58)68-62-59(69)41-55-60(48-23-17-18-24-50(48)67(55,9)10)61(62)49-37-45(43-21-15-12-16-22-43)27-32-57(49)70(68)46-28-25-44(26-29-46)42-19-13-11-14-20-42/h11-32,37-41H,33-36H2,1-10H3. The van der Waals surface area contributed by atoms with E-state index in [9.17, 15) is 0 Å². The molecule has 0 amide bonds. The maximum absolute atomic E-state index is 2.74. The van der Waals surface area contributed by atoms with E-state index in [1.54, 1.807) is 0 Å². The SMILES string of the molecule is CC1(C)CCC(C)(C)c2cc(N3c4cc5c(cc4B4c6c3cc3c(c6-c6cc(-c7ccccc7)ccc6N4c4ccc(-c6ccccc6)cc4)-c4ccccc4C3(C)C)C(C)(C)CCC5(C)C)ccc21. The summed E-state index contributed by atoms with van der Waals surface area (Å²) in [5.74, 6) is 0. The third-order valence-corrected chi connectivity index (χ3v) is 18.2. The number of rotatable bonds is 4. The van der Waals surface area contributed by atoms with Crippen molar-refractivity contribution in [3.05, 3.63) is 197 Å². The summed E-state index contributed by atoms with van der Waals surface area (Å²) < 4.78 is 0. The van der Waals surface area contributed by atoms with E-state index in [4.69, 9.17) is 0 Å². The van der Waals surface area contributed by atoms with Gasteiger partial charge in [-0.2, -0.15) is 0 Å². The maximum atomic E-state index is 2.74. The van der Waals surface area contributed by atoms with Crippen LogP contribution in [0.1, 0.15) is 128 Å². The number of hydrogen-bond donors (Lipinski definition) is 0. The van der Waals surface area contributed by atoms with Crippen molar-refractivity contribution < 1.29 is 0 Å². The van der Waals surface area contributed by atoms with Crippen LogP contribution in [0.25, 0.3) is 44.5 Å². The van der Waals surface area contributed by atoms with Crippen LogP contribution in [-0.2, 0) is 27.1 Å². The van der Waals surface area contributed by atoms with Crippen molar-refractivity contribution in [2.75, 3.05) is 9.71 Å². The number of anilines is 5. The van der Waals surface area contributed by atoms with Gasteiger partial charge in [0, 0.05) is 39.4 Å². The van der Waals surface area contributed by atoms with Crippen LogP contribution in [0.4, 0.5) is 28.4 Å². The lowest BCUT2D eigenvalue weighted by atomic mass is 9.42. The first-order valence-electron chi connectivity index (χ1n) is 26.0. The van der Waals surface area contributed by atoms with Crippen molar-refractivity contribution in [3.63, 3.8) is 0 Å². The number of fused-ring (bicyclic) bond motifs is 10. The molecule has 5 aliphatic rings. The molecule has 346 valence electrons. The van der Waals surface area contributed by atoms with Crippen molar-refractivity contribution >= 4 is 46.2 Å². The molecule has 0 atom stereocenters. The lowest BCUT2D eigenvalue weighted by molar-refractivity contribution is 0.332. The summed E-state index contributed by atoms with van der Waals surface area (Å²) in [6, 6.07) is 63.5. The number of nitrogens with zero attached hydrogens (tertiary/aromatic N) is 2. The Hall–Kier alpha value is -6.58. The van der Waals surface area contributed by atoms with Gasteiger partial charge in [-0.1, -0.05) is 184 Å². The molecule has 2 nitrogen and oxygen atoms in total. The highest BCUT2D eigenvalue weighted by Gasteiger charge is 2.51. The Balaban J connectivity index is 1.19. The largest absolute Gasteiger partial charge is 0.376 e. The highest BCUT2D eigenvalue weighted by atomic mass is 15.2. The Labute approximate surface area is 417 Å². The summed E-state index contributed by atoms with van der Waals surface area (Å²) in [5.41, 5.74) is 28.2. The van der Waals surface area contributed by atoms with Crippen molar-refractivity contribution in [1.29, 1.82) is 0 Å². The van der Waals surface area contributed by atoms with Crippen molar-refractivity contribution in [3.8, 4) is 44.5 Å². The summed E-state index contributed by atoms with van der Waals surface area (Å²) in [4.78, 5) is 5.47. The van der Waals surface area contributed by atoms with E-state index >= 15 is 0 Å². The van der Waals surface area contributed by atoms with Gasteiger partial charge in [0.05, 0.1) is 0 Å². The average molecular weight is 909 g/mol. The van der Waals surface area contributed by atoms with Gasteiger partial charge >= 0.3 is 6.85 Å². The first-order valence-corrected chi connectivity index (χ1v) is 26.0. The minimum atomic E-state index is -0.218. The van der Waals surface area contributed by atoms with E-state index in [2.05, 4.69) is 243 Å². The number of hydrogen-bond acceptors (Lipinski definition) is 2. The summed E-state index contributed by atoms with van der Waals surface area (Å²) >= 11 is 0. The number of benzene rings is 8. The van der Waals surface area contributed by atoms with E-state index in [-0.39, 0.29) is 33.9 Å². The zero-order chi connectivity index (χ0) is 48.3. The molecule has 70 heavy (non-hydrogen) atoms. The molecule has 0 saturated heterocycles. The molecule has 8 aromatic rings. The topological polar surface area (TPSA) is 6.48 Å². The fourth-order valence-electron chi connectivity index (χ4n) is 13.8. The monoisotopic (exact) mass is 909 g/mol. The summed E-state index contributed by atoms with van der Waals surface area (Å²) in [6.07, 6.45) is 4.69. The quantitative estimate of drug-likeness (QED) is 0.162. The first kappa shape index (κ1) is 43.4. The highest BCUT2D eigenvalue weighted by Crippen LogP contribution is 2.59. The third kappa shape index (κ3) is 6.18. The Morgan fingerprint density at radius 2 is 0.871 bits per heavy atom. The van der Waals surface area contributed by atoms with E-state index in [0.717, 1.165) is 12.8 Å². The molecule has 8 aromatic carbocycles. The predicted molar refractivity (Wildman–Crippen MR) is 299 cm³/mol. The predicted octanol–water partition coefficient (Wildman–Crippen LogP) is 16.7. The minimum absolute atomic E-state index is 0.0233. The van der Waals surface area contributed by atoms with Gasteiger partial charge in [0.15, 0.2) is 0 Å². The second-order valence-electron chi connectivity index (χ2n) is 24.6. The van der Waals surface area contributed by atoms with E-state index < -0.39 is 0 Å². The molecule has 0 radical (unpaired) electrons. The Morgan fingerprint density at radius 1 is 0.357 bits per heavy atom. The molecule has 0 fully saturated rings.